The van der Waals surface area contributed by atoms with Crippen molar-refractivity contribution in [2.75, 3.05) is 33.3 Å². The Morgan fingerprint density at radius 1 is 1.22 bits per heavy atom. The van der Waals surface area contributed by atoms with Crippen molar-refractivity contribution in [3.05, 3.63) is 23.8 Å². The molecule has 1 aromatic carbocycles. The molecule has 0 heterocycles. The molecular formula is C14H17ClO3. The molecule has 3 nitrogen and oxygen atoms in total. The van der Waals surface area contributed by atoms with Gasteiger partial charge in [-0.15, -0.1) is 11.6 Å². The first-order chi connectivity index (χ1) is 8.81. The maximum absolute atomic E-state index is 5.65. The third-order valence-electron chi connectivity index (χ3n) is 2.23. The average Bonchev–Trinajstić information content (AvgIpc) is 2.42. The molecule has 0 atom stereocenters. The Kier molecular flexibility index (Phi) is 7.09. The minimum Gasteiger partial charge on any atom is -0.497 e. The molecule has 98 valence electrons. The van der Waals surface area contributed by atoms with E-state index in [4.69, 9.17) is 25.8 Å². The normalized spacial score (nSPS) is 9.50. The first-order valence-corrected chi connectivity index (χ1v) is 6.20. The fraction of sp³-hybridized carbons (Fsp3) is 0.429. The third kappa shape index (κ3) is 4.87. The Balaban J connectivity index is 2.75. The van der Waals surface area contributed by atoms with Crippen LogP contribution in [0.25, 0.3) is 0 Å². The Bertz CT molecular complexity index is 421. The Labute approximate surface area is 113 Å². The van der Waals surface area contributed by atoms with Crippen molar-refractivity contribution in [2.24, 2.45) is 0 Å². The van der Waals surface area contributed by atoms with Crippen molar-refractivity contribution in [1.82, 2.24) is 0 Å². The van der Waals surface area contributed by atoms with Crippen LogP contribution in [0.4, 0.5) is 0 Å². The molecule has 4 heteroatoms. The Morgan fingerprint density at radius 3 is 2.72 bits per heavy atom. The van der Waals surface area contributed by atoms with Crippen LogP contribution < -0.4 is 9.47 Å². The highest BCUT2D eigenvalue weighted by molar-refractivity contribution is 6.19. The highest BCUT2D eigenvalue weighted by Crippen LogP contribution is 2.23. The smallest absolute Gasteiger partial charge is 0.135 e. The van der Waals surface area contributed by atoms with E-state index in [-0.39, 0.29) is 0 Å². The van der Waals surface area contributed by atoms with Gasteiger partial charge in [0.2, 0.25) is 0 Å². The van der Waals surface area contributed by atoms with Gasteiger partial charge in [-0.25, -0.2) is 0 Å². The summed E-state index contributed by atoms with van der Waals surface area (Å²) in [5.74, 6) is 7.55. The minimum atomic E-state index is 0.292. The fourth-order valence-electron chi connectivity index (χ4n) is 1.37. The van der Waals surface area contributed by atoms with E-state index in [1.807, 2.05) is 18.2 Å². The molecule has 0 spiro atoms. The van der Waals surface area contributed by atoms with Gasteiger partial charge in [0.1, 0.15) is 11.5 Å². The molecule has 0 saturated carbocycles. The maximum Gasteiger partial charge on any atom is 0.135 e. The van der Waals surface area contributed by atoms with Gasteiger partial charge in [-0.2, -0.15) is 0 Å². The van der Waals surface area contributed by atoms with Crippen molar-refractivity contribution >= 4 is 11.6 Å². The van der Waals surface area contributed by atoms with Gasteiger partial charge in [0.05, 0.1) is 25.2 Å². The summed E-state index contributed by atoms with van der Waals surface area (Å²) in [6.45, 7) is 1.27. The molecule has 1 aromatic rings. The largest absolute Gasteiger partial charge is 0.497 e. The molecule has 0 aliphatic carbocycles. The van der Waals surface area contributed by atoms with E-state index in [0.29, 0.717) is 19.1 Å². The number of alkyl halides is 1. The molecule has 0 amide bonds. The van der Waals surface area contributed by atoms with E-state index in [2.05, 4.69) is 11.8 Å². The highest BCUT2D eigenvalue weighted by atomic mass is 35.5. The lowest BCUT2D eigenvalue weighted by molar-refractivity contribution is 0.172. The van der Waals surface area contributed by atoms with E-state index in [1.165, 1.54) is 0 Å². The zero-order chi connectivity index (χ0) is 13.2. The van der Waals surface area contributed by atoms with Crippen LogP contribution in [-0.2, 0) is 4.74 Å². The van der Waals surface area contributed by atoms with Crippen LogP contribution >= 0.6 is 11.6 Å². The van der Waals surface area contributed by atoms with Crippen molar-refractivity contribution in [3.8, 4) is 23.3 Å². The number of benzene rings is 1. The summed E-state index contributed by atoms with van der Waals surface area (Å²) >= 11 is 5.56. The Hall–Kier alpha value is -1.37. The molecule has 0 radical (unpaired) electrons. The number of methoxy groups -OCH3 is 2. The van der Waals surface area contributed by atoms with E-state index >= 15 is 0 Å². The van der Waals surface area contributed by atoms with Gasteiger partial charge < -0.3 is 14.2 Å². The lowest BCUT2D eigenvalue weighted by atomic mass is 10.2. The van der Waals surface area contributed by atoms with Crippen LogP contribution in [0, 0.1) is 11.8 Å². The number of rotatable bonds is 6. The predicted molar refractivity (Wildman–Crippen MR) is 72.6 cm³/mol. The molecule has 0 aromatic heterocycles. The van der Waals surface area contributed by atoms with E-state index in [9.17, 15) is 0 Å². The number of ether oxygens (including phenoxy) is 3. The number of hydrogen-bond donors (Lipinski definition) is 0. The van der Waals surface area contributed by atoms with Gasteiger partial charge in [0.25, 0.3) is 0 Å². The molecule has 1 rings (SSSR count). The van der Waals surface area contributed by atoms with Crippen molar-refractivity contribution in [1.29, 1.82) is 0 Å². The topological polar surface area (TPSA) is 27.7 Å². The van der Waals surface area contributed by atoms with Crippen LogP contribution in [0.2, 0.25) is 0 Å². The van der Waals surface area contributed by atoms with Crippen LogP contribution in [0.15, 0.2) is 18.2 Å². The van der Waals surface area contributed by atoms with Gasteiger partial charge in [-0.05, 0) is 18.2 Å². The average molecular weight is 269 g/mol. The van der Waals surface area contributed by atoms with Crippen LogP contribution in [0.5, 0.6) is 11.5 Å². The zero-order valence-electron chi connectivity index (χ0n) is 10.7. The predicted octanol–water partition coefficient (Wildman–Crippen LogP) is 2.70. The van der Waals surface area contributed by atoms with Crippen LogP contribution in [-0.4, -0.2) is 33.3 Å². The van der Waals surface area contributed by atoms with E-state index < -0.39 is 0 Å². The second-order valence-corrected chi connectivity index (χ2v) is 3.76. The fourth-order valence-corrected chi connectivity index (χ4v) is 1.44. The summed E-state index contributed by atoms with van der Waals surface area (Å²) < 4.78 is 15.8. The zero-order valence-corrected chi connectivity index (χ0v) is 11.4. The molecule has 0 saturated heterocycles. The van der Waals surface area contributed by atoms with Crippen molar-refractivity contribution < 1.29 is 14.2 Å². The van der Waals surface area contributed by atoms with E-state index in [0.717, 1.165) is 23.5 Å². The van der Waals surface area contributed by atoms with Gasteiger partial charge in [0, 0.05) is 20.1 Å². The summed E-state index contributed by atoms with van der Waals surface area (Å²) in [7, 11) is 3.29. The van der Waals surface area contributed by atoms with Crippen LogP contribution in [0.3, 0.4) is 0 Å². The lowest BCUT2D eigenvalue weighted by Crippen LogP contribution is -2.02. The summed E-state index contributed by atoms with van der Waals surface area (Å²) in [4.78, 5) is 0. The van der Waals surface area contributed by atoms with Gasteiger partial charge in [-0.3, -0.25) is 0 Å². The Morgan fingerprint density at radius 2 is 2.06 bits per heavy atom. The number of hydrogen-bond acceptors (Lipinski definition) is 3. The molecule has 0 bridgehead atoms. The molecule has 0 aliphatic heterocycles. The summed E-state index contributed by atoms with van der Waals surface area (Å²) in [6, 6.07) is 5.53. The molecule has 0 aliphatic rings. The quantitative estimate of drug-likeness (QED) is 0.451. The van der Waals surface area contributed by atoms with Crippen molar-refractivity contribution in [3.63, 3.8) is 0 Å². The highest BCUT2D eigenvalue weighted by Gasteiger charge is 2.03. The molecule has 0 N–H and O–H groups in total. The summed E-state index contributed by atoms with van der Waals surface area (Å²) in [5.41, 5.74) is 0.785. The molecule has 18 heavy (non-hydrogen) atoms. The first-order valence-electron chi connectivity index (χ1n) is 5.66. The molecule has 0 fully saturated rings. The molecule has 0 unspecified atom stereocenters. The monoisotopic (exact) mass is 268 g/mol. The van der Waals surface area contributed by atoms with Gasteiger partial charge >= 0.3 is 0 Å². The van der Waals surface area contributed by atoms with Gasteiger partial charge in [0.15, 0.2) is 0 Å². The minimum absolute atomic E-state index is 0.292. The molecular weight excluding hydrogens is 252 g/mol. The van der Waals surface area contributed by atoms with Gasteiger partial charge in [-0.1, -0.05) is 11.8 Å². The van der Waals surface area contributed by atoms with Crippen molar-refractivity contribution in [2.45, 2.75) is 6.42 Å². The lowest BCUT2D eigenvalue weighted by Gasteiger charge is -2.09. The standard InChI is InChI=1S/C14H17ClO3/c1-16-9-4-10-18-14-7-6-13(17-2)11-12(14)5-3-8-15/h6-7,11H,4,8-10H2,1-2H3. The second kappa shape index (κ2) is 8.68. The summed E-state index contributed by atoms with van der Waals surface area (Å²) in [6.07, 6.45) is 0.838. The first kappa shape index (κ1) is 14.7. The van der Waals surface area contributed by atoms with Crippen LogP contribution in [0.1, 0.15) is 12.0 Å². The SMILES string of the molecule is COCCCOc1ccc(OC)cc1C#CCCl. The maximum atomic E-state index is 5.65. The van der Waals surface area contributed by atoms with E-state index in [1.54, 1.807) is 14.2 Å². The summed E-state index contributed by atoms with van der Waals surface area (Å²) in [5, 5.41) is 0. The number of halogens is 1. The second-order valence-electron chi connectivity index (χ2n) is 3.49. The third-order valence-corrected chi connectivity index (χ3v) is 2.36.